The lowest BCUT2D eigenvalue weighted by Gasteiger charge is -2.28. The highest BCUT2D eigenvalue weighted by Gasteiger charge is 2.27. The number of unbranched alkanes of at least 4 members (excludes halogenated alkanes) is 22. The summed E-state index contributed by atoms with van der Waals surface area (Å²) in [5.41, 5.74) is 0. The van der Waals surface area contributed by atoms with E-state index in [4.69, 9.17) is 0 Å². The molecule has 0 N–H and O–H groups in total. The van der Waals surface area contributed by atoms with Crippen LogP contribution in [0.1, 0.15) is 200 Å². The molecule has 0 aliphatic heterocycles. The van der Waals surface area contributed by atoms with Crippen molar-refractivity contribution in [3.8, 4) is 0 Å². The molecule has 0 radical (unpaired) electrons. The first-order valence-corrected chi connectivity index (χ1v) is 22.4. The Hall–Kier alpha value is -1.35. The first kappa shape index (κ1) is 51.8. The number of ketones is 2. The number of nitrogens with zero attached hydrogens (tertiary/aromatic N) is 1. The van der Waals surface area contributed by atoms with Gasteiger partial charge in [-0.1, -0.05) is 141 Å². The Morgan fingerprint density at radius 3 is 1.22 bits per heavy atom. The fourth-order valence-corrected chi connectivity index (χ4v) is 6.29. The van der Waals surface area contributed by atoms with Gasteiger partial charge in [0.25, 0.3) is 0 Å². The highest BCUT2D eigenvalue weighted by Crippen LogP contribution is 2.18. The van der Waals surface area contributed by atoms with Gasteiger partial charge < -0.3 is 9.04 Å². The second kappa shape index (κ2) is 37.0. The molecular formula is C43H83NO6S. The lowest BCUT2D eigenvalue weighted by Crippen LogP contribution is -2.42. The van der Waals surface area contributed by atoms with Crippen LogP contribution in [0.2, 0.25) is 0 Å². The van der Waals surface area contributed by atoms with Gasteiger partial charge in [0.15, 0.2) is 0 Å². The fourth-order valence-electron chi connectivity index (χ4n) is 6.29. The van der Waals surface area contributed by atoms with E-state index in [2.05, 4.69) is 63.5 Å². The van der Waals surface area contributed by atoms with Crippen LogP contribution in [0.15, 0.2) is 24.3 Å². The maximum atomic E-state index is 13.1. The molecule has 7 nitrogen and oxygen atoms in total. The van der Waals surface area contributed by atoms with E-state index in [9.17, 15) is 22.6 Å². The van der Waals surface area contributed by atoms with Crippen LogP contribution >= 0.6 is 0 Å². The van der Waals surface area contributed by atoms with Crippen molar-refractivity contribution >= 4 is 22.0 Å². The first-order valence-electron chi connectivity index (χ1n) is 21.0. The molecule has 1 unspecified atom stereocenters. The summed E-state index contributed by atoms with van der Waals surface area (Å²) in [6.45, 7) is 5.31. The van der Waals surface area contributed by atoms with Crippen molar-refractivity contribution in [1.82, 2.24) is 0 Å². The first-order chi connectivity index (χ1) is 24.4. The summed E-state index contributed by atoms with van der Waals surface area (Å²) >= 11 is 0. The average molecular weight is 742 g/mol. The van der Waals surface area contributed by atoms with Crippen LogP contribution in [-0.2, 0) is 24.2 Å². The van der Waals surface area contributed by atoms with Crippen molar-refractivity contribution in [2.75, 3.05) is 34.8 Å². The van der Waals surface area contributed by atoms with Crippen molar-refractivity contribution < 1.29 is 31.2 Å². The van der Waals surface area contributed by atoms with Gasteiger partial charge in [0, 0.05) is 19.3 Å². The zero-order valence-electron chi connectivity index (χ0n) is 34.4. The lowest BCUT2D eigenvalue weighted by molar-refractivity contribution is -0.872. The molecule has 0 bridgehead atoms. The molecule has 0 aromatic carbocycles. The molecule has 0 aliphatic carbocycles. The summed E-state index contributed by atoms with van der Waals surface area (Å²) in [5, 5.41) is 0. The molecule has 1 atom stereocenters. The summed E-state index contributed by atoms with van der Waals surface area (Å²) in [6.07, 6.45) is 44.3. The highest BCUT2D eigenvalue weighted by molar-refractivity contribution is 7.80. The normalized spacial score (nSPS) is 12.8. The molecule has 0 amide bonds. The fraction of sp³-hybridized carbons (Fsp3) is 0.860. The van der Waals surface area contributed by atoms with Crippen LogP contribution in [0.5, 0.6) is 0 Å². The van der Waals surface area contributed by atoms with Crippen molar-refractivity contribution in [3.63, 3.8) is 0 Å². The van der Waals surface area contributed by atoms with E-state index in [1.165, 1.54) is 141 Å². The topological polar surface area (TPSA) is 101 Å². The van der Waals surface area contributed by atoms with Gasteiger partial charge in [0.1, 0.15) is 11.6 Å². The number of carbonyl (C=O) groups is 2. The number of rotatable bonds is 36. The van der Waals surface area contributed by atoms with E-state index in [0.717, 1.165) is 43.8 Å². The molecule has 51 heavy (non-hydrogen) atoms. The third kappa shape index (κ3) is 44.7. The van der Waals surface area contributed by atoms with E-state index in [-0.39, 0.29) is 5.92 Å². The van der Waals surface area contributed by atoms with Gasteiger partial charge in [0.2, 0.25) is 10.4 Å². The molecule has 0 aromatic heterocycles. The smallest absolute Gasteiger partial charge is 0.217 e. The summed E-state index contributed by atoms with van der Waals surface area (Å²) in [5.74, 6) is 0.500. The molecule has 0 aliphatic rings. The van der Waals surface area contributed by atoms with Crippen LogP contribution in [0, 0.1) is 5.92 Å². The van der Waals surface area contributed by atoms with Gasteiger partial charge in [-0.2, -0.15) is 0 Å². The molecule has 0 heterocycles. The van der Waals surface area contributed by atoms with Crippen molar-refractivity contribution in [1.29, 1.82) is 0 Å². The molecule has 0 saturated carbocycles. The van der Waals surface area contributed by atoms with Gasteiger partial charge in [-0.05, 0) is 64.2 Å². The third-order valence-electron chi connectivity index (χ3n) is 9.30. The third-order valence-corrected chi connectivity index (χ3v) is 9.71. The van der Waals surface area contributed by atoms with Gasteiger partial charge in [-0.3, -0.25) is 13.8 Å². The molecule has 0 fully saturated rings. The Labute approximate surface area is 317 Å². The average Bonchev–Trinajstić information content (AvgIpc) is 3.07. The number of allylic oxidation sites excluding steroid dienone is 4. The van der Waals surface area contributed by atoms with Crippen molar-refractivity contribution in [3.05, 3.63) is 24.3 Å². The monoisotopic (exact) mass is 742 g/mol. The molecule has 0 rings (SSSR count). The summed E-state index contributed by atoms with van der Waals surface area (Å²) in [4.78, 5) is 25.9. The van der Waals surface area contributed by atoms with E-state index in [1.54, 1.807) is 0 Å². The second-order valence-corrected chi connectivity index (χ2v) is 16.8. The number of carbonyl (C=O) groups excluding carboxylic acids is 2. The minimum absolute atomic E-state index is 0.114. The van der Waals surface area contributed by atoms with E-state index in [1.807, 2.05) is 0 Å². The van der Waals surface area contributed by atoms with E-state index >= 15 is 0 Å². The van der Waals surface area contributed by atoms with Gasteiger partial charge in [-0.15, -0.1) is 0 Å². The Morgan fingerprint density at radius 2 is 0.882 bits per heavy atom. The SMILES string of the molecule is CCCCCCCC/C=C\CCCCCCCC(=O)CC(C[N+](C)(C)C)C(=O)CCCCCCC/C=C\CCCCCCCC.COS(=O)(=O)[O-]. The molecule has 302 valence electrons. The Morgan fingerprint density at radius 1 is 0.569 bits per heavy atom. The number of quaternary nitrogens is 1. The molecular weight excluding hydrogens is 659 g/mol. The Kier molecular flexibility index (Phi) is 37.5. The van der Waals surface area contributed by atoms with Crippen LogP contribution in [0.3, 0.4) is 0 Å². The maximum Gasteiger partial charge on any atom is 0.217 e. The van der Waals surface area contributed by atoms with Crippen LogP contribution in [0.25, 0.3) is 0 Å². The number of Topliss-reactive ketones (excluding diaryl/α,β-unsaturated/α-hetero) is 2. The van der Waals surface area contributed by atoms with Crippen LogP contribution < -0.4 is 0 Å². The van der Waals surface area contributed by atoms with Crippen molar-refractivity contribution in [2.45, 2.75) is 200 Å². The lowest BCUT2D eigenvalue weighted by atomic mass is 9.91. The zero-order valence-corrected chi connectivity index (χ0v) is 35.2. The predicted molar refractivity (Wildman–Crippen MR) is 217 cm³/mol. The number of hydrogen-bond acceptors (Lipinski definition) is 6. The van der Waals surface area contributed by atoms with E-state index < -0.39 is 10.4 Å². The summed E-state index contributed by atoms with van der Waals surface area (Å²) in [7, 11) is 2.80. The standard InChI is InChI=1S/C42H80NO2.CH4O4S/c1-6-8-10-12-14-16-18-20-22-24-26-28-30-32-34-36-41(44)38-40(39-43(3,4)5)42(45)37-35-33-31-29-27-25-23-21-19-17-15-13-11-9-7-2;1-5-6(2,3)4/h20-23,40H,6-19,24-39H2,1-5H3;1H3,(H,2,3,4)/q+1;/p-1/b22-20-,23-21-;. The molecule has 0 spiro atoms. The van der Waals surface area contributed by atoms with Gasteiger partial charge in [0.05, 0.1) is 40.7 Å². The maximum absolute atomic E-state index is 13.1. The van der Waals surface area contributed by atoms with Crippen molar-refractivity contribution in [2.24, 2.45) is 5.92 Å². The predicted octanol–water partition coefficient (Wildman–Crippen LogP) is 12.0. The van der Waals surface area contributed by atoms with Crippen LogP contribution in [0.4, 0.5) is 0 Å². The van der Waals surface area contributed by atoms with Gasteiger partial charge >= 0.3 is 0 Å². The van der Waals surface area contributed by atoms with E-state index in [0.29, 0.717) is 30.8 Å². The van der Waals surface area contributed by atoms with Gasteiger partial charge in [-0.25, -0.2) is 8.42 Å². The zero-order chi connectivity index (χ0) is 38.5. The molecule has 0 aromatic rings. The molecule has 0 saturated heterocycles. The second-order valence-electron chi connectivity index (χ2n) is 15.6. The highest BCUT2D eigenvalue weighted by atomic mass is 32.3. The minimum atomic E-state index is -4.41. The van der Waals surface area contributed by atoms with Crippen LogP contribution in [-0.4, -0.2) is 63.8 Å². The quantitative estimate of drug-likeness (QED) is 0.0208. The Bertz CT molecular complexity index is 954. The Balaban J connectivity index is 0. The molecule has 8 heteroatoms. The summed E-state index contributed by atoms with van der Waals surface area (Å²) < 4.78 is 31.8. The number of hydrogen-bond donors (Lipinski definition) is 0. The largest absolute Gasteiger partial charge is 0.726 e. The summed E-state index contributed by atoms with van der Waals surface area (Å²) in [6, 6.07) is 0. The minimum Gasteiger partial charge on any atom is -0.726 e.